The van der Waals surface area contributed by atoms with E-state index in [2.05, 4.69) is 53.4 Å². The van der Waals surface area contributed by atoms with Gasteiger partial charge in [0.15, 0.2) is 0 Å². The van der Waals surface area contributed by atoms with Crippen LogP contribution in [0.4, 0.5) is 0 Å². The smallest absolute Gasteiger partial charge is 0.00705 e. The number of hydrogen-bond acceptors (Lipinski definition) is 0. The first-order valence-corrected chi connectivity index (χ1v) is 13.1. The predicted molar refractivity (Wildman–Crippen MR) is 92.6 cm³/mol. The summed E-state index contributed by atoms with van der Waals surface area (Å²) in [5.74, 6) is 0. The van der Waals surface area contributed by atoms with Crippen LogP contribution in [0.15, 0.2) is 91.3 Å². The normalized spacial score (nSPS) is 9.18. The Labute approximate surface area is 149 Å². The van der Waals surface area contributed by atoms with Gasteiger partial charge in [0.2, 0.25) is 0 Å². The van der Waals surface area contributed by atoms with Gasteiger partial charge in [0.1, 0.15) is 0 Å². The molecule has 0 N–H and O–H groups in total. The predicted octanol–water partition coefficient (Wildman–Crippen LogP) is 6.13. The minimum atomic E-state index is -0.826. The summed E-state index contributed by atoms with van der Waals surface area (Å²) in [5.41, 5.74) is 1.23. The Morgan fingerprint density at radius 2 is 1.50 bits per heavy atom. The van der Waals surface area contributed by atoms with E-state index in [9.17, 15) is 0 Å². The molecule has 0 fully saturated rings. The Morgan fingerprint density at radius 3 is 2.05 bits per heavy atom. The van der Waals surface area contributed by atoms with Crippen LogP contribution in [0.25, 0.3) is 16.5 Å². The van der Waals surface area contributed by atoms with E-state index in [1.165, 1.54) is 16.5 Å². The summed E-state index contributed by atoms with van der Waals surface area (Å²) in [7, 11) is 9.87. The van der Waals surface area contributed by atoms with Crippen LogP contribution >= 0.6 is 17.0 Å². The molecule has 0 bridgehead atoms. The SMILES string of the molecule is [Cl][Zr+2][Cl].c1cc[cH-]c1.c1ccc2[cH-]c(-n3cccc3)cc2c1. The third-order valence-electron chi connectivity index (χ3n) is 3.06. The monoisotopic (exact) mass is 405 g/mol. The molecule has 4 heteroatoms. The number of nitrogens with zero attached hydrogens (tertiary/aromatic N) is 1. The van der Waals surface area contributed by atoms with E-state index in [0.717, 1.165) is 0 Å². The second kappa shape index (κ2) is 9.84. The van der Waals surface area contributed by atoms with E-state index < -0.39 is 20.8 Å². The fraction of sp³-hybridized carbons (Fsp3) is 0. The second-order valence-electron chi connectivity index (χ2n) is 4.47. The third-order valence-corrected chi connectivity index (χ3v) is 3.06. The van der Waals surface area contributed by atoms with Crippen molar-refractivity contribution in [3.8, 4) is 5.69 Å². The largest absolute Gasteiger partial charge is 0.342 e. The number of hydrogen-bond donors (Lipinski definition) is 0. The Bertz CT molecular complexity index is 692. The van der Waals surface area contributed by atoms with Crippen LogP contribution in [0.5, 0.6) is 0 Å². The van der Waals surface area contributed by atoms with Gasteiger partial charge in [-0.05, 0) is 17.8 Å². The first-order valence-electron chi connectivity index (χ1n) is 6.77. The van der Waals surface area contributed by atoms with Crippen molar-refractivity contribution in [3.63, 3.8) is 0 Å². The zero-order chi connectivity index (χ0) is 15.6. The molecule has 110 valence electrons. The molecular formula is C18H15Cl2NZr. The summed E-state index contributed by atoms with van der Waals surface area (Å²) in [6, 6.07) is 26.9. The van der Waals surface area contributed by atoms with Gasteiger partial charge in [0.25, 0.3) is 0 Å². The van der Waals surface area contributed by atoms with Crippen molar-refractivity contribution in [2.45, 2.75) is 0 Å². The van der Waals surface area contributed by atoms with Crippen LogP contribution in [0.3, 0.4) is 0 Å². The number of aromatic nitrogens is 1. The van der Waals surface area contributed by atoms with E-state index >= 15 is 0 Å². The molecule has 0 aliphatic heterocycles. The quantitative estimate of drug-likeness (QED) is 0.335. The fourth-order valence-electron chi connectivity index (χ4n) is 2.11. The molecule has 0 saturated heterocycles. The standard InChI is InChI=1S/C13H10N.C5H5.2ClH.Zr/c1-2-6-12-10-13(9-11(12)5-1)14-7-3-4-8-14;1-2-4-5-3-1;;;/h1-10H;1-5H;2*1H;/q2*-1;;;+4/p-2. The average Bonchev–Trinajstić information content (AvgIpc) is 3.29. The Morgan fingerprint density at radius 1 is 0.864 bits per heavy atom. The van der Waals surface area contributed by atoms with Crippen LogP contribution in [0.1, 0.15) is 0 Å². The average molecular weight is 407 g/mol. The Balaban J connectivity index is 0.000000184. The zero-order valence-corrected chi connectivity index (χ0v) is 15.8. The zero-order valence-electron chi connectivity index (χ0n) is 11.9. The van der Waals surface area contributed by atoms with Crippen LogP contribution in [0.2, 0.25) is 0 Å². The Kier molecular flexibility index (Phi) is 7.73. The van der Waals surface area contributed by atoms with Crippen molar-refractivity contribution < 1.29 is 20.8 Å². The first kappa shape index (κ1) is 17.3. The van der Waals surface area contributed by atoms with E-state index in [1.807, 2.05) is 42.5 Å². The molecule has 1 heterocycles. The fourth-order valence-corrected chi connectivity index (χ4v) is 2.11. The number of halogens is 2. The molecule has 0 saturated carbocycles. The molecule has 0 unspecified atom stereocenters. The summed E-state index contributed by atoms with van der Waals surface area (Å²) in [5, 5.41) is 2.60. The number of benzene rings is 1. The van der Waals surface area contributed by atoms with E-state index in [-0.39, 0.29) is 0 Å². The van der Waals surface area contributed by atoms with Crippen molar-refractivity contribution in [1.82, 2.24) is 4.57 Å². The number of fused-ring (bicyclic) bond motifs is 1. The maximum atomic E-state index is 4.93. The molecule has 1 nitrogen and oxygen atoms in total. The van der Waals surface area contributed by atoms with Gasteiger partial charge in [0.05, 0.1) is 0 Å². The van der Waals surface area contributed by atoms with Crippen LogP contribution in [-0.2, 0) is 20.8 Å². The molecule has 4 aromatic rings. The molecule has 0 aliphatic carbocycles. The molecular weight excluding hydrogens is 392 g/mol. The summed E-state index contributed by atoms with van der Waals surface area (Å²) < 4.78 is 2.12. The summed E-state index contributed by atoms with van der Waals surface area (Å²) in [6.45, 7) is 0. The molecule has 0 atom stereocenters. The molecule has 4 rings (SSSR count). The summed E-state index contributed by atoms with van der Waals surface area (Å²) >= 11 is -0.826. The van der Waals surface area contributed by atoms with Gasteiger partial charge < -0.3 is 4.57 Å². The summed E-state index contributed by atoms with van der Waals surface area (Å²) in [4.78, 5) is 0. The van der Waals surface area contributed by atoms with E-state index in [4.69, 9.17) is 17.0 Å². The molecule has 1 aromatic heterocycles. The van der Waals surface area contributed by atoms with Crippen molar-refractivity contribution in [1.29, 1.82) is 0 Å². The van der Waals surface area contributed by atoms with Gasteiger partial charge in [0, 0.05) is 12.4 Å². The van der Waals surface area contributed by atoms with Crippen LogP contribution in [0, 0.1) is 0 Å². The Hall–Kier alpha value is -1.08. The maximum Gasteiger partial charge on any atom is 0.00705 e. The van der Waals surface area contributed by atoms with Crippen molar-refractivity contribution in [2.75, 3.05) is 0 Å². The van der Waals surface area contributed by atoms with Gasteiger partial charge in [-0.1, -0.05) is 6.07 Å². The summed E-state index contributed by atoms with van der Waals surface area (Å²) in [6.07, 6.45) is 4.13. The second-order valence-corrected chi connectivity index (χ2v) is 8.20. The number of rotatable bonds is 1. The van der Waals surface area contributed by atoms with Crippen molar-refractivity contribution in [3.05, 3.63) is 91.3 Å². The van der Waals surface area contributed by atoms with Gasteiger partial charge >= 0.3 is 37.9 Å². The van der Waals surface area contributed by atoms with Crippen molar-refractivity contribution >= 4 is 27.8 Å². The molecule has 22 heavy (non-hydrogen) atoms. The molecule has 3 aromatic carbocycles. The first-order chi connectivity index (χ1) is 10.8. The molecule has 0 amide bonds. The maximum absolute atomic E-state index is 4.93. The molecule has 0 spiro atoms. The van der Waals surface area contributed by atoms with E-state index in [1.54, 1.807) is 0 Å². The van der Waals surface area contributed by atoms with Gasteiger partial charge in [-0.2, -0.15) is 18.2 Å². The molecule has 0 aliphatic rings. The molecule has 0 radical (unpaired) electrons. The van der Waals surface area contributed by atoms with Gasteiger partial charge in [-0.25, -0.2) is 12.1 Å². The minimum absolute atomic E-state index is 0.826. The van der Waals surface area contributed by atoms with Crippen molar-refractivity contribution in [2.24, 2.45) is 0 Å². The van der Waals surface area contributed by atoms with Crippen LogP contribution in [-0.4, -0.2) is 4.57 Å². The topological polar surface area (TPSA) is 4.93 Å². The van der Waals surface area contributed by atoms with Gasteiger partial charge in [-0.15, -0.1) is 41.1 Å². The van der Waals surface area contributed by atoms with E-state index in [0.29, 0.717) is 0 Å². The third kappa shape index (κ3) is 5.28. The van der Waals surface area contributed by atoms with Gasteiger partial charge in [-0.3, -0.25) is 0 Å². The minimum Gasteiger partial charge on any atom is -0.342 e. The van der Waals surface area contributed by atoms with Crippen LogP contribution < -0.4 is 0 Å².